The normalized spacial score (nSPS) is 20.8. The van der Waals surface area contributed by atoms with Crippen molar-refractivity contribution in [2.45, 2.75) is 32.7 Å². The van der Waals surface area contributed by atoms with Gasteiger partial charge in [-0.05, 0) is 25.7 Å². The molecule has 0 bridgehead atoms. The highest BCUT2D eigenvalue weighted by Gasteiger charge is 2.26. The maximum absolute atomic E-state index is 12.0. The van der Waals surface area contributed by atoms with Crippen molar-refractivity contribution in [3.05, 3.63) is 12.7 Å². The van der Waals surface area contributed by atoms with E-state index in [0.717, 1.165) is 25.9 Å². The molecular formula is C12H23ClN2O. The molecule has 94 valence electrons. The van der Waals surface area contributed by atoms with E-state index in [0.29, 0.717) is 5.92 Å². The van der Waals surface area contributed by atoms with Crippen LogP contribution in [0.15, 0.2) is 12.7 Å². The van der Waals surface area contributed by atoms with Gasteiger partial charge in [-0.1, -0.05) is 13.0 Å². The van der Waals surface area contributed by atoms with Crippen LogP contribution in [0.25, 0.3) is 0 Å². The van der Waals surface area contributed by atoms with E-state index in [2.05, 4.69) is 6.58 Å². The Balaban J connectivity index is 0.00000225. The Bertz CT molecular complexity index is 235. The van der Waals surface area contributed by atoms with Crippen molar-refractivity contribution < 1.29 is 4.79 Å². The first-order valence-electron chi connectivity index (χ1n) is 5.73. The van der Waals surface area contributed by atoms with Crippen LogP contribution >= 0.6 is 12.4 Å². The van der Waals surface area contributed by atoms with E-state index < -0.39 is 0 Å². The molecule has 0 saturated carbocycles. The number of piperidine rings is 1. The highest BCUT2D eigenvalue weighted by Crippen LogP contribution is 2.19. The maximum atomic E-state index is 12.0. The second kappa shape index (κ2) is 6.92. The molecule has 1 amide bonds. The minimum Gasteiger partial charge on any atom is -0.342 e. The van der Waals surface area contributed by atoms with Crippen molar-refractivity contribution in [3.8, 4) is 0 Å². The van der Waals surface area contributed by atoms with E-state index in [-0.39, 0.29) is 30.3 Å². The van der Waals surface area contributed by atoms with Crippen LogP contribution in [0, 0.1) is 11.8 Å². The van der Waals surface area contributed by atoms with Gasteiger partial charge in [0.05, 0.1) is 5.92 Å². The second-order valence-electron chi connectivity index (χ2n) is 4.55. The number of halogens is 1. The lowest BCUT2D eigenvalue weighted by atomic mass is 9.95. The molecule has 0 aromatic rings. The third-order valence-electron chi connectivity index (χ3n) is 3.36. The zero-order chi connectivity index (χ0) is 11.4. The van der Waals surface area contributed by atoms with Crippen molar-refractivity contribution >= 4 is 18.3 Å². The largest absolute Gasteiger partial charge is 0.342 e. The van der Waals surface area contributed by atoms with Crippen LogP contribution < -0.4 is 5.73 Å². The molecule has 4 heteroatoms. The summed E-state index contributed by atoms with van der Waals surface area (Å²) in [6, 6.07) is -0.0605. The highest BCUT2D eigenvalue weighted by molar-refractivity contribution is 5.85. The van der Waals surface area contributed by atoms with Gasteiger partial charge >= 0.3 is 0 Å². The zero-order valence-electron chi connectivity index (χ0n) is 10.2. The summed E-state index contributed by atoms with van der Waals surface area (Å²) in [4.78, 5) is 13.9. The number of allylic oxidation sites excluding steroid dienone is 1. The van der Waals surface area contributed by atoms with E-state index >= 15 is 0 Å². The first kappa shape index (κ1) is 15.5. The average Bonchev–Trinajstić information content (AvgIpc) is 2.27. The van der Waals surface area contributed by atoms with Gasteiger partial charge in [0.2, 0.25) is 5.91 Å². The van der Waals surface area contributed by atoms with Gasteiger partial charge in [0.15, 0.2) is 0 Å². The average molecular weight is 247 g/mol. The van der Waals surface area contributed by atoms with Crippen molar-refractivity contribution in [1.82, 2.24) is 4.90 Å². The Morgan fingerprint density at radius 2 is 1.94 bits per heavy atom. The summed E-state index contributed by atoms with van der Waals surface area (Å²) < 4.78 is 0. The summed E-state index contributed by atoms with van der Waals surface area (Å²) in [7, 11) is 0. The number of carbonyl (C=O) groups is 1. The minimum atomic E-state index is -0.0646. The summed E-state index contributed by atoms with van der Waals surface area (Å²) in [5.41, 5.74) is 5.73. The molecule has 1 aliphatic heterocycles. The van der Waals surface area contributed by atoms with Gasteiger partial charge in [-0.3, -0.25) is 4.79 Å². The maximum Gasteiger partial charge on any atom is 0.226 e. The van der Waals surface area contributed by atoms with Crippen molar-refractivity contribution in [2.75, 3.05) is 13.1 Å². The Morgan fingerprint density at radius 3 is 2.31 bits per heavy atom. The zero-order valence-corrected chi connectivity index (χ0v) is 11.0. The lowest BCUT2D eigenvalue weighted by Crippen LogP contribution is -2.45. The second-order valence-corrected chi connectivity index (χ2v) is 4.55. The molecule has 0 aromatic carbocycles. The molecule has 2 N–H and O–H groups in total. The molecule has 16 heavy (non-hydrogen) atoms. The van der Waals surface area contributed by atoms with E-state index in [9.17, 15) is 4.79 Å². The fourth-order valence-electron chi connectivity index (χ4n) is 1.87. The summed E-state index contributed by atoms with van der Waals surface area (Å²) in [6.45, 7) is 9.30. The third-order valence-corrected chi connectivity index (χ3v) is 3.36. The lowest BCUT2D eigenvalue weighted by Gasteiger charge is -2.33. The quantitative estimate of drug-likeness (QED) is 0.773. The van der Waals surface area contributed by atoms with Crippen LogP contribution in [-0.2, 0) is 4.79 Å². The standard InChI is InChI=1S/C12H22N2O.ClH/c1-4-11-5-7-14(8-6-11)12(15)9(2)10(3)13;/h4,9-11H,1,5-8,13H2,2-3H3;1H. The Labute approximate surface area is 104 Å². The number of hydrogen-bond donors (Lipinski definition) is 1. The predicted octanol–water partition coefficient (Wildman–Crippen LogP) is 1.82. The van der Waals surface area contributed by atoms with E-state index in [1.165, 1.54) is 0 Å². The number of carbonyl (C=O) groups excluding carboxylic acids is 1. The SMILES string of the molecule is C=CC1CCN(C(=O)C(C)C(C)N)CC1.Cl. The van der Waals surface area contributed by atoms with Gasteiger partial charge < -0.3 is 10.6 Å². The summed E-state index contributed by atoms with van der Waals surface area (Å²) in [6.07, 6.45) is 4.08. The van der Waals surface area contributed by atoms with Gasteiger partial charge in [0.1, 0.15) is 0 Å². The number of likely N-dealkylation sites (tertiary alicyclic amines) is 1. The molecular weight excluding hydrogens is 224 g/mol. The number of amides is 1. The molecule has 1 fully saturated rings. The lowest BCUT2D eigenvalue weighted by molar-refractivity contribution is -0.136. The predicted molar refractivity (Wildman–Crippen MR) is 69.6 cm³/mol. The molecule has 1 rings (SSSR count). The fraction of sp³-hybridized carbons (Fsp3) is 0.750. The van der Waals surface area contributed by atoms with Crippen LogP contribution in [0.3, 0.4) is 0 Å². The van der Waals surface area contributed by atoms with Crippen molar-refractivity contribution in [2.24, 2.45) is 17.6 Å². The van der Waals surface area contributed by atoms with Gasteiger partial charge in [0.25, 0.3) is 0 Å². The first-order valence-corrected chi connectivity index (χ1v) is 5.73. The van der Waals surface area contributed by atoms with E-state index in [4.69, 9.17) is 5.73 Å². The third kappa shape index (κ3) is 3.80. The molecule has 1 aliphatic rings. The fourth-order valence-corrected chi connectivity index (χ4v) is 1.87. The van der Waals surface area contributed by atoms with Gasteiger partial charge in [-0.2, -0.15) is 0 Å². The van der Waals surface area contributed by atoms with Crippen LogP contribution in [0.4, 0.5) is 0 Å². The molecule has 0 aromatic heterocycles. The van der Waals surface area contributed by atoms with Crippen LogP contribution in [0.5, 0.6) is 0 Å². The Hall–Kier alpha value is -0.540. The van der Waals surface area contributed by atoms with Crippen LogP contribution in [-0.4, -0.2) is 29.9 Å². The molecule has 3 nitrogen and oxygen atoms in total. The molecule has 0 radical (unpaired) electrons. The summed E-state index contributed by atoms with van der Waals surface area (Å²) >= 11 is 0. The molecule has 2 unspecified atom stereocenters. The number of nitrogens with zero attached hydrogens (tertiary/aromatic N) is 1. The van der Waals surface area contributed by atoms with Crippen LogP contribution in [0.2, 0.25) is 0 Å². The monoisotopic (exact) mass is 246 g/mol. The summed E-state index contributed by atoms with van der Waals surface area (Å²) in [5, 5.41) is 0. The van der Waals surface area contributed by atoms with Crippen LogP contribution in [0.1, 0.15) is 26.7 Å². The topological polar surface area (TPSA) is 46.3 Å². The molecule has 0 aliphatic carbocycles. The van der Waals surface area contributed by atoms with Gasteiger partial charge in [-0.15, -0.1) is 19.0 Å². The van der Waals surface area contributed by atoms with Gasteiger partial charge in [0, 0.05) is 19.1 Å². The van der Waals surface area contributed by atoms with E-state index in [1.54, 1.807) is 0 Å². The molecule has 0 spiro atoms. The number of rotatable bonds is 3. The van der Waals surface area contributed by atoms with Crippen molar-refractivity contribution in [3.63, 3.8) is 0 Å². The molecule has 1 heterocycles. The smallest absolute Gasteiger partial charge is 0.226 e. The van der Waals surface area contributed by atoms with Gasteiger partial charge in [-0.25, -0.2) is 0 Å². The molecule has 2 atom stereocenters. The first-order chi connectivity index (χ1) is 7.06. The number of nitrogens with two attached hydrogens (primary N) is 1. The molecule has 1 saturated heterocycles. The highest BCUT2D eigenvalue weighted by atomic mass is 35.5. The minimum absolute atomic E-state index is 0. The number of hydrogen-bond acceptors (Lipinski definition) is 2. The van der Waals surface area contributed by atoms with E-state index in [1.807, 2.05) is 24.8 Å². The summed E-state index contributed by atoms with van der Waals surface area (Å²) in [5.74, 6) is 0.720. The Kier molecular flexibility index (Phi) is 6.68. The van der Waals surface area contributed by atoms with Crippen molar-refractivity contribution in [1.29, 1.82) is 0 Å². The Morgan fingerprint density at radius 1 is 1.44 bits per heavy atom.